The lowest BCUT2D eigenvalue weighted by molar-refractivity contribution is -0.304. The van der Waals surface area contributed by atoms with Crippen molar-refractivity contribution >= 4 is 40.5 Å². The molecule has 1 amide bonds. The molecule has 23 heavy (non-hydrogen) atoms. The van der Waals surface area contributed by atoms with Gasteiger partial charge in [0.2, 0.25) is 5.91 Å². The SMILES string of the molecule is COc1ccc(NC(=O)[C@@H](C)c2nc(CC(=O)[O-])cs2)cc1Cl. The number of carbonyl (C=O) groups is 2. The Morgan fingerprint density at radius 2 is 2.22 bits per heavy atom. The highest BCUT2D eigenvalue weighted by atomic mass is 35.5. The van der Waals surface area contributed by atoms with Crippen molar-refractivity contribution in [3.63, 3.8) is 0 Å². The van der Waals surface area contributed by atoms with Crippen LogP contribution in [-0.2, 0) is 16.0 Å². The standard InChI is InChI=1S/C15H15ClN2O4S/c1-8(15-18-10(7-23-15)6-13(19)20)14(21)17-9-3-4-12(22-2)11(16)5-9/h3-5,7-8H,6H2,1-2H3,(H,17,21)(H,19,20)/p-1/t8-/m1/s1. The number of hydrogen-bond donors (Lipinski definition) is 1. The fourth-order valence-electron chi connectivity index (χ4n) is 1.86. The van der Waals surface area contributed by atoms with Gasteiger partial charge in [-0.15, -0.1) is 11.3 Å². The molecule has 122 valence electrons. The minimum Gasteiger partial charge on any atom is -0.550 e. The molecule has 0 saturated heterocycles. The van der Waals surface area contributed by atoms with Gasteiger partial charge in [0.25, 0.3) is 0 Å². The average molecular weight is 354 g/mol. The summed E-state index contributed by atoms with van der Waals surface area (Å²) in [6.07, 6.45) is -0.265. The number of carboxylic acids is 1. The van der Waals surface area contributed by atoms with Crippen LogP contribution in [0.15, 0.2) is 23.6 Å². The molecule has 0 aliphatic rings. The van der Waals surface area contributed by atoms with Crippen LogP contribution >= 0.6 is 22.9 Å². The van der Waals surface area contributed by atoms with Gasteiger partial charge in [-0.25, -0.2) is 4.98 Å². The van der Waals surface area contributed by atoms with E-state index in [1.54, 1.807) is 30.5 Å². The minimum atomic E-state index is -1.20. The van der Waals surface area contributed by atoms with Crippen LogP contribution < -0.4 is 15.2 Å². The number of nitrogens with zero attached hydrogens (tertiary/aromatic N) is 1. The zero-order valence-electron chi connectivity index (χ0n) is 12.5. The van der Waals surface area contributed by atoms with Gasteiger partial charge in [0.1, 0.15) is 10.8 Å². The number of anilines is 1. The highest BCUT2D eigenvalue weighted by Crippen LogP contribution is 2.28. The van der Waals surface area contributed by atoms with E-state index < -0.39 is 11.9 Å². The summed E-state index contributed by atoms with van der Waals surface area (Å²) in [5.74, 6) is -1.46. The van der Waals surface area contributed by atoms with Gasteiger partial charge < -0.3 is 20.0 Å². The molecule has 1 atom stereocenters. The molecule has 8 heteroatoms. The van der Waals surface area contributed by atoms with Gasteiger partial charge in [0, 0.05) is 23.5 Å². The summed E-state index contributed by atoms with van der Waals surface area (Å²) >= 11 is 7.25. The van der Waals surface area contributed by atoms with Crippen LogP contribution in [-0.4, -0.2) is 24.0 Å². The maximum atomic E-state index is 12.3. The van der Waals surface area contributed by atoms with E-state index in [0.717, 1.165) is 0 Å². The first kappa shape index (κ1) is 17.2. The monoisotopic (exact) mass is 353 g/mol. The molecule has 0 radical (unpaired) electrons. The van der Waals surface area contributed by atoms with Gasteiger partial charge >= 0.3 is 0 Å². The number of ether oxygens (including phenoxy) is 1. The molecular weight excluding hydrogens is 340 g/mol. The summed E-state index contributed by atoms with van der Waals surface area (Å²) in [4.78, 5) is 27.0. The highest BCUT2D eigenvalue weighted by Gasteiger charge is 2.19. The largest absolute Gasteiger partial charge is 0.550 e. The van der Waals surface area contributed by atoms with Gasteiger partial charge in [-0.3, -0.25) is 4.79 Å². The lowest BCUT2D eigenvalue weighted by atomic mass is 10.1. The van der Waals surface area contributed by atoms with Crippen molar-refractivity contribution in [1.29, 1.82) is 0 Å². The van der Waals surface area contributed by atoms with E-state index in [0.29, 0.717) is 27.2 Å². The summed E-state index contributed by atoms with van der Waals surface area (Å²) < 4.78 is 5.05. The third kappa shape index (κ3) is 4.43. The van der Waals surface area contributed by atoms with E-state index >= 15 is 0 Å². The lowest BCUT2D eigenvalue weighted by Gasteiger charge is -2.11. The molecule has 0 spiro atoms. The van der Waals surface area contributed by atoms with Gasteiger partial charge in [0.05, 0.1) is 23.7 Å². The lowest BCUT2D eigenvalue weighted by Crippen LogP contribution is -2.24. The van der Waals surface area contributed by atoms with Gasteiger partial charge in [-0.2, -0.15) is 0 Å². The molecule has 0 fully saturated rings. The first-order valence-electron chi connectivity index (χ1n) is 6.69. The Kier molecular flexibility index (Phi) is 5.57. The van der Waals surface area contributed by atoms with Crippen molar-refractivity contribution in [3.05, 3.63) is 39.3 Å². The third-order valence-corrected chi connectivity index (χ3v) is 4.45. The number of thiazole rings is 1. The highest BCUT2D eigenvalue weighted by molar-refractivity contribution is 7.09. The summed E-state index contributed by atoms with van der Waals surface area (Å²) in [5, 5.41) is 15.8. The molecule has 0 unspecified atom stereocenters. The Labute approximate surface area is 142 Å². The molecule has 2 rings (SSSR count). The number of amides is 1. The smallest absolute Gasteiger partial charge is 0.234 e. The molecule has 2 aromatic rings. The molecule has 0 aliphatic heterocycles. The number of halogens is 1. The maximum absolute atomic E-state index is 12.3. The van der Waals surface area contributed by atoms with Crippen LogP contribution in [0.2, 0.25) is 5.02 Å². The number of nitrogens with one attached hydrogen (secondary N) is 1. The molecule has 0 aliphatic carbocycles. The average Bonchev–Trinajstić information content (AvgIpc) is 2.94. The van der Waals surface area contributed by atoms with Crippen LogP contribution in [0.5, 0.6) is 5.75 Å². The Morgan fingerprint density at radius 1 is 1.48 bits per heavy atom. The third-order valence-electron chi connectivity index (χ3n) is 3.08. The van der Waals surface area contributed by atoms with E-state index in [1.165, 1.54) is 18.4 Å². The molecule has 1 N–H and O–H groups in total. The Hall–Kier alpha value is -2.12. The van der Waals surface area contributed by atoms with Crippen molar-refractivity contribution in [3.8, 4) is 5.75 Å². The molecule has 6 nitrogen and oxygen atoms in total. The number of rotatable bonds is 6. The first-order chi connectivity index (χ1) is 10.9. The number of carbonyl (C=O) groups excluding carboxylic acids is 2. The van der Waals surface area contributed by atoms with Gasteiger partial charge in [-0.1, -0.05) is 11.6 Å². The van der Waals surface area contributed by atoms with Crippen molar-refractivity contribution in [1.82, 2.24) is 4.98 Å². The van der Waals surface area contributed by atoms with Crippen molar-refractivity contribution in [2.75, 3.05) is 12.4 Å². The van der Waals surface area contributed by atoms with E-state index in [2.05, 4.69) is 10.3 Å². The van der Waals surface area contributed by atoms with Crippen LogP contribution in [0, 0.1) is 0 Å². The normalized spacial score (nSPS) is 11.8. The molecular formula is C15H14ClN2O4S-. The number of benzene rings is 1. The summed E-state index contributed by atoms with van der Waals surface area (Å²) in [7, 11) is 1.51. The predicted molar refractivity (Wildman–Crippen MR) is 85.9 cm³/mol. The van der Waals surface area contributed by atoms with Crippen LogP contribution in [0.25, 0.3) is 0 Å². The maximum Gasteiger partial charge on any atom is 0.234 e. The van der Waals surface area contributed by atoms with Crippen LogP contribution in [0.3, 0.4) is 0 Å². The van der Waals surface area contributed by atoms with Crippen molar-refractivity contribution in [2.24, 2.45) is 0 Å². The van der Waals surface area contributed by atoms with E-state index in [9.17, 15) is 14.7 Å². The van der Waals surface area contributed by atoms with Crippen LogP contribution in [0.4, 0.5) is 5.69 Å². The van der Waals surface area contributed by atoms with Gasteiger partial charge in [0.15, 0.2) is 0 Å². The zero-order chi connectivity index (χ0) is 17.0. The Morgan fingerprint density at radius 3 is 2.83 bits per heavy atom. The predicted octanol–water partition coefficient (Wildman–Crippen LogP) is 1.84. The number of methoxy groups -OCH3 is 1. The number of hydrogen-bond acceptors (Lipinski definition) is 6. The Bertz CT molecular complexity index is 732. The summed E-state index contributed by atoms with van der Waals surface area (Å²) in [5.41, 5.74) is 0.927. The van der Waals surface area contributed by atoms with Crippen LogP contribution in [0.1, 0.15) is 23.5 Å². The minimum absolute atomic E-state index is 0.263. The molecule has 1 aromatic carbocycles. The first-order valence-corrected chi connectivity index (χ1v) is 7.95. The second kappa shape index (κ2) is 7.43. The van der Waals surface area contributed by atoms with E-state index in [4.69, 9.17) is 16.3 Å². The molecule has 1 aromatic heterocycles. The second-order valence-electron chi connectivity index (χ2n) is 4.79. The molecule has 0 saturated carbocycles. The zero-order valence-corrected chi connectivity index (χ0v) is 14.0. The number of aliphatic carboxylic acids is 1. The van der Waals surface area contributed by atoms with Crippen molar-refractivity contribution < 1.29 is 19.4 Å². The van der Waals surface area contributed by atoms with E-state index in [-0.39, 0.29) is 12.3 Å². The fourth-order valence-corrected chi connectivity index (χ4v) is 2.99. The molecule has 1 heterocycles. The fraction of sp³-hybridized carbons (Fsp3) is 0.267. The van der Waals surface area contributed by atoms with Crippen molar-refractivity contribution in [2.45, 2.75) is 19.3 Å². The molecule has 0 bridgehead atoms. The summed E-state index contributed by atoms with van der Waals surface area (Å²) in [6, 6.07) is 4.93. The van der Waals surface area contributed by atoms with Gasteiger partial charge in [-0.05, 0) is 25.1 Å². The number of aromatic nitrogens is 1. The Balaban J connectivity index is 2.06. The number of carboxylic acid groups (broad SMARTS) is 1. The second-order valence-corrected chi connectivity index (χ2v) is 6.08. The van der Waals surface area contributed by atoms with E-state index in [1.807, 2.05) is 0 Å². The summed E-state index contributed by atoms with van der Waals surface area (Å²) in [6.45, 7) is 1.70. The quantitative estimate of drug-likeness (QED) is 0.855. The topological polar surface area (TPSA) is 91.3 Å².